The van der Waals surface area contributed by atoms with Crippen LogP contribution >= 0.6 is 63.7 Å². The van der Waals surface area contributed by atoms with E-state index in [1.54, 1.807) is 6.08 Å². The summed E-state index contributed by atoms with van der Waals surface area (Å²) in [6, 6.07) is 3.69. The highest BCUT2D eigenvalue weighted by Gasteiger charge is 2.50. The summed E-state index contributed by atoms with van der Waals surface area (Å²) in [4.78, 5) is 29.4. The summed E-state index contributed by atoms with van der Waals surface area (Å²) >= 11 is 13.7. The van der Waals surface area contributed by atoms with E-state index in [2.05, 4.69) is 79.5 Å². The minimum atomic E-state index is -1.20. The number of hydrogen-bond donors (Lipinski definition) is 3. The lowest BCUT2D eigenvalue weighted by Crippen LogP contribution is -2.45. The molecular formula is C22H21Br4N3O7. The number of halogens is 4. The molecule has 1 aromatic rings. The van der Waals surface area contributed by atoms with Crippen molar-refractivity contribution in [2.24, 2.45) is 5.16 Å². The Morgan fingerprint density at radius 2 is 2.03 bits per heavy atom. The number of benzene rings is 1. The van der Waals surface area contributed by atoms with Crippen molar-refractivity contribution in [1.82, 2.24) is 10.6 Å². The van der Waals surface area contributed by atoms with Gasteiger partial charge in [0.05, 0.1) is 38.2 Å². The molecule has 1 unspecified atom stereocenters. The molecule has 4 rings (SSSR count). The predicted molar refractivity (Wildman–Crippen MR) is 144 cm³/mol. The largest absolute Gasteiger partial charge is 0.495 e. The molecule has 36 heavy (non-hydrogen) atoms. The Morgan fingerprint density at radius 1 is 1.31 bits per heavy atom. The lowest BCUT2D eigenvalue weighted by molar-refractivity contribution is -0.114. The van der Waals surface area contributed by atoms with Crippen molar-refractivity contribution < 1.29 is 33.7 Å². The molecule has 0 bridgehead atoms. The van der Waals surface area contributed by atoms with Gasteiger partial charge in [0.15, 0.2) is 5.60 Å². The zero-order valence-electron chi connectivity index (χ0n) is 18.8. The number of amides is 2. The summed E-state index contributed by atoms with van der Waals surface area (Å²) in [5.41, 5.74) is -0.196. The quantitative estimate of drug-likeness (QED) is 0.338. The molecule has 0 aromatic heterocycles. The van der Waals surface area contributed by atoms with Crippen LogP contribution in [-0.4, -0.2) is 61.3 Å². The molecular weight excluding hydrogens is 738 g/mol. The summed E-state index contributed by atoms with van der Waals surface area (Å²) < 4.78 is 18.8. The van der Waals surface area contributed by atoms with Crippen molar-refractivity contribution in [2.75, 3.05) is 26.8 Å². The van der Waals surface area contributed by atoms with Gasteiger partial charge in [0.2, 0.25) is 0 Å². The van der Waals surface area contributed by atoms with Gasteiger partial charge >= 0.3 is 6.09 Å². The van der Waals surface area contributed by atoms with Gasteiger partial charge in [-0.3, -0.25) is 4.79 Å². The molecule has 2 aliphatic heterocycles. The molecule has 0 saturated carbocycles. The third-order valence-electron chi connectivity index (χ3n) is 5.67. The summed E-state index contributed by atoms with van der Waals surface area (Å²) in [7, 11) is 1.49. The molecule has 0 radical (unpaired) electrons. The monoisotopic (exact) mass is 755 g/mol. The zero-order valence-corrected chi connectivity index (χ0v) is 25.1. The van der Waals surface area contributed by atoms with Crippen LogP contribution in [0.4, 0.5) is 4.79 Å². The lowest BCUT2D eigenvalue weighted by atomic mass is 9.87. The molecule has 10 nitrogen and oxygen atoms in total. The van der Waals surface area contributed by atoms with Gasteiger partial charge in [0, 0.05) is 13.0 Å². The first-order valence-corrected chi connectivity index (χ1v) is 13.9. The number of hydrogen-bond acceptors (Lipinski definition) is 8. The van der Waals surface area contributed by atoms with E-state index in [4.69, 9.17) is 19.0 Å². The lowest BCUT2D eigenvalue weighted by Gasteiger charge is -2.33. The summed E-state index contributed by atoms with van der Waals surface area (Å²) in [5.74, 6) is 0.671. The molecule has 194 valence electrons. The van der Waals surface area contributed by atoms with Crippen LogP contribution in [0.3, 0.4) is 0 Å². The van der Waals surface area contributed by atoms with E-state index >= 15 is 0 Å². The molecule has 3 N–H and O–H groups in total. The van der Waals surface area contributed by atoms with Crippen molar-refractivity contribution in [3.63, 3.8) is 0 Å². The molecule has 1 spiro atoms. The fraction of sp³-hybridized carbons (Fsp3) is 0.409. The van der Waals surface area contributed by atoms with Crippen LogP contribution in [0.25, 0.3) is 0 Å². The minimum absolute atomic E-state index is 0.0930. The van der Waals surface area contributed by atoms with Crippen molar-refractivity contribution in [1.29, 1.82) is 0 Å². The zero-order chi connectivity index (χ0) is 26.0. The number of carbonyl (C=O) groups excluding carboxylic acids is 2. The van der Waals surface area contributed by atoms with Crippen LogP contribution < -0.4 is 15.4 Å². The maximum absolute atomic E-state index is 12.6. The smallest absolute Gasteiger partial charge is 0.407 e. The summed E-state index contributed by atoms with van der Waals surface area (Å²) in [6.07, 6.45) is 0.389. The molecule has 1 fully saturated rings. The van der Waals surface area contributed by atoms with E-state index in [0.29, 0.717) is 55.5 Å². The topological polar surface area (TPSA) is 128 Å². The Morgan fingerprint density at radius 3 is 2.67 bits per heavy atom. The highest BCUT2D eigenvalue weighted by atomic mass is 79.9. The number of nitrogens with one attached hydrogen (secondary N) is 2. The SMILES string of the molecule is COC1=C(Br)[C@H](O)[C@@]2(C=C1Br)CC(C(=O)NCCCOc1c(Br)cc(C3CNC(=O)O3)cc1Br)=NO2. The Kier molecular flexibility index (Phi) is 8.70. The average molecular weight is 759 g/mol. The first-order valence-electron chi connectivity index (χ1n) is 10.7. The second-order valence-electron chi connectivity index (χ2n) is 8.08. The molecule has 1 saturated heterocycles. The van der Waals surface area contributed by atoms with Crippen LogP contribution in [0.2, 0.25) is 0 Å². The number of rotatable bonds is 8. The number of allylic oxidation sites excluding steroid dienone is 1. The Hall–Kier alpha value is -1.61. The van der Waals surface area contributed by atoms with Gasteiger partial charge in [-0.25, -0.2) is 4.79 Å². The first kappa shape index (κ1) is 27.4. The number of methoxy groups -OCH3 is 1. The predicted octanol–water partition coefficient (Wildman–Crippen LogP) is 4.30. The van der Waals surface area contributed by atoms with Crippen molar-refractivity contribution in [3.8, 4) is 5.75 Å². The van der Waals surface area contributed by atoms with Gasteiger partial charge in [-0.2, -0.15) is 0 Å². The summed E-state index contributed by atoms with van der Waals surface area (Å²) in [6.45, 7) is 1.10. The van der Waals surface area contributed by atoms with Gasteiger partial charge in [-0.1, -0.05) is 5.16 Å². The maximum atomic E-state index is 12.6. The van der Waals surface area contributed by atoms with Crippen LogP contribution in [0.1, 0.15) is 24.5 Å². The van der Waals surface area contributed by atoms with E-state index in [9.17, 15) is 14.7 Å². The minimum Gasteiger partial charge on any atom is -0.495 e. The normalized spacial score (nSPS) is 25.1. The van der Waals surface area contributed by atoms with Gasteiger partial charge in [-0.05, 0) is 93.9 Å². The van der Waals surface area contributed by atoms with E-state index in [1.165, 1.54) is 7.11 Å². The fourth-order valence-corrected chi connectivity index (χ4v) is 7.09. The second kappa shape index (κ2) is 11.4. The molecule has 2 heterocycles. The highest BCUT2D eigenvalue weighted by Crippen LogP contribution is 2.44. The number of alkyl carbamates (subject to hydrolysis) is 1. The maximum Gasteiger partial charge on any atom is 0.407 e. The average Bonchev–Trinajstić information content (AvgIpc) is 3.46. The van der Waals surface area contributed by atoms with E-state index < -0.39 is 17.8 Å². The number of oxime groups is 1. The van der Waals surface area contributed by atoms with Crippen LogP contribution in [0.15, 0.2) is 47.0 Å². The molecule has 1 aromatic carbocycles. The van der Waals surface area contributed by atoms with Gasteiger partial charge in [0.1, 0.15) is 29.4 Å². The van der Waals surface area contributed by atoms with Crippen LogP contribution in [-0.2, 0) is 19.1 Å². The van der Waals surface area contributed by atoms with Gasteiger partial charge < -0.3 is 34.8 Å². The third-order valence-corrected chi connectivity index (χ3v) is 8.23. The number of aliphatic hydroxyl groups excluding tert-OH is 1. The Labute approximate surface area is 240 Å². The van der Waals surface area contributed by atoms with E-state index in [1.807, 2.05) is 12.1 Å². The van der Waals surface area contributed by atoms with Crippen LogP contribution in [0, 0.1) is 0 Å². The van der Waals surface area contributed by atoms with Crippen molar-refractivity contribution in [3.05, 3.63) is 47.4 Å². The van der Waals surface area contributed by atoms with Gasteiger partial charge in [0.25, 0.3) is 5.91 Å². The van der Waals surface area contributed by atoms with Crippen molar-refractivity contribution >= 4 is 81.4 Å². The number of aliphatic hydroxyl groups is 1. The number of nitrogens with zero attached hydrogens (tertiary/aromatic N) is 1. The molecule has 1 aliphatic carbocycles. The third kappa shape index (κ3) is 5.62. The molecule has 14 heteroatoms. The number of cyclic esters (lactones) is 1. The molecule has 2 amide bonds. The Bertz CT molecular complexity index is 1150. The molecule has 3 atom stereocenters. The number of carbonyl (C=O) groups is 2. The van der Waals surface area contributed by atoms with E-state index in [0.717, 1.165) is 5.56 Å². The Balaban J connectivity index is 1.25. The van der Waals surface area contributed by atoms with Gasteiger partial charge in [-0.15, -0.1) is 0 Å². The standard InChI is InChI=1S/C22H21Br4N3O7/c1-33-18-13(25)7-22(19(30)16(18)26)8-14(29-36-22)20(31)27-3-2-4-34-17-11(23)5-10(6-12(17)24)15-9-28-21(32)35-15/h5-7,15,19,30H,2-4,8-9H2,1H3,(H,27,31)(H,28,32)/t15?,19-,22+/m0/s1. The van der Waals surface area contributed by atoms with E-state index in [-0.39, 0.29) is 24.1 Å². The van der Waals surface area contributed by atoms with Crippen LogP contribution in [0.5, 0.6) is 5.75 Å². The second-order valence-corrected chi connectivity index (χ2v) is 11.5. The summed E-state index contributed by atoms with van der Waals surface area (Å²) in [5, 5.41) is 20.0. The number of ether oxygens (including phenoxy) is 3. The fourth-order valence-electron chi connectivity index (χ4n) is 3.85. The highest BCUT2D eigenvalue weighted by molar-refractivity contribution is 9.12. The first-order chi connectivity index (χ1) is 17.1. The van der Waals surface area contributed by atoms with Crippen molar-refractivity contribution in [2.45, 2.75) is 30.7 Å². The molecule has 3 aliphatic rings.